The highest BCUT2D eigenvalue weighted by Crippen LogP contribution is 2.17. The summed E-state index contributed by atoms with van der Waals surface area (Å²) < 4.78 is 39.2. The molecule has 0 saturated carbocycles. The minimum absolute atomic E-state index is 0.110. The van der Waals surface area contributed by atoms with Gasteiger partial charge in [0.1, 0.15) is 5.82 Å². The average Bonchev–Trinajstić information content (AvgIpc) is 2.47. The second-order valence-corrected chi connectivity index (χ2v) is 6.78. The Bertz CT molecular complexity index is 715. The number of nitrogens with two attached hydrogens (primary N) is 1. The molecule has 0 aliphatic heterocycles. The summed E-state index contributed by atoms with van der Waals surface area (Å²) in [5, 5.41) is 0. The molecule has 0 fully saturated rings. The molecule has 0 radical (unpaired) electrons. The largest absolute Gasteiger partial charge is 0.326 e. The first-order valence-corrected chi connectivity index (χ1v) is 7.87. The van der Waals surface area contributed by atoms with E-state index in [1.165, 1.54) is 35.6 Å². The zero-order valence-electron chi connectivity index (χ0n) is 11.7. The van der Waals surface area contributed by atoms with Crippen LogP contribution in [0.2, 0.25) is 0 Å². The van der Waals surface area contributed by atoms with Gasteiger partial charge < -0.3 is 5.73 Å². The number of hydrogen-bond acceptors (Lipinski definition) is 3. The van der Waals surface area contributed by atoms with Crippen LogP contribution in [0.15, 0.2) is 53.4 Å². The molecule has 0 heterocycles. The number of benzene rings is 2. The molecule has 0 aromatic heterocycles. The van der Waals surface area contributed by atoms with E-state index in [2.05, 4.69) is 0 Å². The van der Waals surface area contributed by atoms with Gasteiger partial charge in [-0.15, -0.1) is 0 Å². The molecule has 2 aromatic carbocycles. The maximum atomic E-state index is 13.1. The second-order valence-electron chi connectivity index (χ2n) is 4.74. The summed E-state index contributed by atoms with van der Waals surface area (Å²) in [7, 11) is -2.14. The van der Waals surface area contributed by atoms with E-state index in [1.807, 2.05) is 0 Å². The van der Waals surface area contributed by atoms with Crippen LogP contribution in [0.4, 0.5) is 4.39 Å². The van der Waals surface area contributed by atoms with Crippen molar-refractivity contribution in [1.82, 2.24) is 4.31 Å². The van der Waals surface area contributed by atoms with E-state index >= 15 is 0 Å². The van der Waals surface area contributed by atoms with E-state index in [0.717, 1.165) is 5.56 Å². The molecular formula is C15H17FN2O2S. The summed E-state index contributed by atoms with van der Waals surface area (Å²) in [5.41, 5.74) is 6.95. The van der Waals surface area contributed by atoms with E-state index in [-0.39, 0.29) is 17.3 Å². The van der Waals surface area contributed by atoms with Crippen molar-refractivity contribution in [3.05, 3.63) is 65.5 Å². The third-order valence-electron chi connectivity index (χ3n) is 3.16. The highest BCUT2D eigenvalue weighted by atomic mass is 32.2. The number of nitrogens with zero attached hydrogens (tertiary/aromatic N) is 1. The molecule has 0 unspecified atom stereocenters. The van der Waals surface area contributed by atoms with E-state index in [9.17, 15) is 12.8 Å². The lowest BCUT2D eigenvalue weighted by atomic mass is 10.2. The van der Waals surface area contributed by atoms with Gasteiger partial charge >= 0.3 is 0 Å². The first kappa shape index (κ1) is 15.6. The molecule has 2 rings (SSSR count). The van der Waals surface area contributed by atoms with Crippen LogP contribution in [0.3, 0.4) is 0 Å². The zero-order valence-corrected chi connectivity index (χ0v) is 12.5. The maximum Gasteiger partial charge on any atom is 0.243 e. The van der Waals surface area contributed by atoms with E-state index in [0.29, 0.717) is 12.1 Å². The predicted molar refractivity (Wildman–Crippen MR) is 79.4 cm³/mol. The van der Waals surface area contributed by atoms with Crippen molar-refractivity contribution < 1.29 is 12.8 Å². The lowest BCUT2D eigenvalue weighted by Crippen LogP contribution is -2.26. The van der Waals surface area contributed by atoms with Crippen molar-refractivity contribution in [2.45, 2.75) is 18.0 Å². The van der Waals surface area contributed by atoms with Crippen LogP contribution >= 0.6 is 0 Å². The predicted octanol–water partition coefficient (Wildman–Crippen LogP) is 2.11. The van der Waals surface area contributed by atoms with Crippen molar-refractivity contribution in [2.75, 3.05) is 7.05 Å². The number of sulfonamides is 1. The van der Waals surface area contributed by atoms with Crippen LogP contribution in [0.5, 0.6) is 0 Å². The second kappa shape index (κ2) is 6.34. The van der Waals surface area contributed by atoms with Crippen molar-refractivity contribution in [3.63, 3.8) is 0 Å². The lowest BCUT2D eigenvalue weighted by molar-refractivity contribution is 0.465. The van der Waals surface area contributed by atoms with E-state index in [1.54, 1.807) is 24.3 Å². The van der Waals surface area contributed by atoms with Crippen molar-refractivity contribution >= 4 is 10.0 Å². The summed E-state index contributed by atoms with van der Waals surface area (Å²) in [6.45, 7) is 0.470. The molecule has 21 heavy (non-hydrogen) atoms. The molecule has 0 saturated heterocycles. The van der Waals surface area contributed by atoms with Gasteiger partial charge in [0, 0.05) is 20.1 Å². The van der Waals surface area contributed by atoms with Gasteiger partial charge in [-0.05, 0) is 35.4 Å². The number of rotatable bonds is 5. The van der Waals surface area contributed by atoms with Gasteiger partial charge in [-0.25, -0.2) is 12.8 Å². The van der Waals surface area contributed by atoms with Crippen LogP contribution < -0.4 is 5.73 Å². The molecule has 0 amide bonds. The average molecular weight is 308 g/mol. The Morgan fingerprint density at radius 2 is 1.76 bits per heavy atom. The molecule has 4 nitrogen and oxygen atoms in total. The molecule has 6 heteroatoms. The number of hydrogen-bond donors (Lipinski definition) is 1. The molecule has 0 aliphatic carbocycles. The molecule has 0 spiro atoms. The Hall–Kier alpha value is -1.76. The Morgan fingerprint density at radius 1 is 1.10 bits per heavy atom. The zero-order chi connectivity index (χ0) is 15.5. The maximum absolute atomic E-state index is 13.1. The van der Waals surface area contributed by atoms with Gasteiger partial charge in [-0.2, -0.15) is 4.31 Å². The Balaban J connectivity index is 2.21. The third kappa shape index (κ3) is 3.66. The Morgan fingerprint density at radius 3 is 2.33 bits per heavy atom. The standard InChI is InChI=1S/C15H17FN2O2S/c1-18(11-13-3-2-4-14(16)9-13)21(19,20)15-7-5-12(10-17)6-8-15/h2-9H,10-11,17H2,1H3. The van der Waals surface area contributed by atoms with Crippen molar-refractivity contribution in [1.29, 1.82) is 0 Å². The van der Waals surface area contributed by atoms with Gasteiger partial charge in [0.25, 0.3) is 0 Å². The third-order valence-corrected chi connectivity index (χ3v) is 4.98. The molecule has 2 aromatic rings. The van der Waals surface area contributed by atoms with Gasteiger partial charge in [0.15, 0.2) is 0 Å². The fourth-order valence-corrected chi connectivity index (χ4v) is 3.11. The van der Waals surface area contributed by atoms with Crippen LogP contribution in [-0.4, -0.2) is 19.8 Å². The normalized spacial score (nSPS) is 11.8. The van der Waals surface area contributed by atoms with Crippen molar-refractivity contribution in [2.24, 2.45) is 5.73 Å². The quantitative estimate of drug-likeness (QED) is 0.920. The number of halogens is 1. The molecule has 112 valence electrons. The van der Waals surface area contributed by atoms with Crippen LogP contribution in [0.1, 0.15) is 11.1 Å². The molecule has 0 aliphatic rings. The fourth-order valence-electron chi connectivity index (χ4n) is 1.95. The van der Waals surface area contributed by atoms with Crippen molar-refractivity contribution in [3.8, 4) is 0 Å². The van der Waals surface area contributed by atoms with E-state index in [4.69, 9.17) is 5.73 Å². The minimum Gasteiger partial charge on any atom is -0.326 e. The Labute approximate surface area is 124 Å². The Kier molecular flexibility index (Phi) is 4.72. The summed E-state index contributed by atoms with van der Waals surface area (Å²) in [4.78, 5) is 0.193. The van der Waals surface area contributed by atoms with Gasteiger partial charge in [-0.1, -0.05) is 24.3 Å². The molecule has 0 atom stereocenters. The monoisotopic (exact) mass is 308 g/mol. The minimum atomic E-state index is -3.60. The highest BCUT2D eigenvalue weighted by Gasteiger charge is 2.20. The van der Waals surface area contributed by atoms with Crippen LogP contribution in [-0.2, 0) is 23.1 Å². The summed E-state index contributed by atoms with van der Waals surface area (Å²) in [5.74, 6) is -0.384. The first-order valence-electron chi connectivity index (χ1n) is 6.43. The first-order chi connectivity index (χ1) is 9.93. The molecule has 0 bridgehead atoms. The van der Waals surface area contributed by atoms with Gasteiger partial charge in [0.05, 0.1) is 4.90 Å². The molecular weight excluding hydrogens is 291 g/mol. The fraction of sp³-hybridized carbons (Fsp3) is 0.200. The summed E-state index contributed by atoms with van der Waals surface area (Å²) in [6, 6.07) is 12.3. The van der Waals surface area contributed by atoms with Crippen LogP contribution in [0, 0.1) is 5.82 Å². The smallest absolute Gasteiger partial charge is 0.243 e. The summed E-state index contributed by atoms with van der Waals surface area (Å²) in [6.07, 6.45) is 0. The lowest BCUT2D eigenvalue weighted by Gasteiger charge is -2.17. The topological polar surface area (TPSA) is 63.4 Å². The highest BCUT2D eigenvalue weighted by molar-refractivity contribution is 7.89. The van der Waals surface area contributed by atoms with Crippen LogP contribution in [0.25, 0.3) is 0 Å². The van der Waals surface area contributed by atoms with E-state index < -0.39 is 10.0 Å². The SMILES string of the molecule is CN(Cc1cccc(F)c1)S(=O)(=O)c1ccc(CN)cc1. The van der Waals surface area contributed by atoms with Gasteiger partial charge in [-0.3, -0.25) is 0 Å². The molecule has 2 N–H and O–H groups in total. The summed E-state index contributed by atoms with van der Waals surface area (Å²) >= 11 is 0. The van der Waals surface area contributed by atoms with Gasteiger partial charge in [0.2, 0.25) is 10.0 Å².